The standard InChI is InChI=1S/C18H30N2/c1-15(2)12-19-13-17-8-10-20(11-9-17)14-18-7-5-4-6-16(18)3/h4-7,15,17,19H,8-14H2,1-3H3. The van der Waals surface area contributed by atoms with E-state index in [0.29, 0.717) is 0 Å². The summed E-state index contributed by atoms with van der Waals surface area (Å²) in [5.41, 5.74) is 2.91. The van der Waals surface area contributed by atoms with Gasteiger partial charge in [0, 0.05) is 6.54 Å². The minimum Gasteiger partial charge on any atom is -0.316 e. The van der Waals surface area contributed by atoms with Gasteiger partial charge in [-0.05, 0) is 68.9 Å². The van der Waals surface area contributed by atoms with Gasteiger partial charge in [0.2, 0.25) is 0 Å². The largest absolute Gasteiger partial charge is 0.316 e. The van der Waals surface area contributed by atoms with E-state index in [2.05, 4.69) is 55.3 Å². The molecular formula is C18H30N2. The van der Waals surface area contributed by atoms with Gasteiger partial charge in [0.05, 0.1) is 0 Å². The molecule has 1 fully saturated rings. The summed E-state index contributed by atoms with van der Waals surface area (Å²) in [6.45, 7) is 12.8. The summed E-state index contributed by atoms with van der Waals surface area (Å²) >= 11 is 0. The van der Waals surface area contributed by atoms with Crippen LogP contribution in [0.25, 0.3) is 0 Å². The van der Waals surface area contributed by atoms with Crippen LogP contribution in [-0.4, -0.2) is 31.1 Å². The SMILES string of the molecule is Cc1ccccc1CN1CCC(CNCC(C)C)CC1. The van der Waals surface area contributed by atoms with Crippen molar-refractivity contribution in [2.75, 3.05) is 26.2 Å². The van der Waals surface area contributed by atoms with Gasteiger partial charge in [-0.3, -0.25) is 4.90 Å². The molecule has 1 N–H and O–H groups in total. The lowest BCUT2D eigenvalue weighted by atomic mass is 9.96. The van der Waals surface area contributed by atoms with Crippen molar-refractivity contribution in [3.05, 3.63) is 35.4 Å². The maximum atomic E-state index is 3.61. The van der Waals surface area contributed by atoms with Crippen molar-refractivity contribution in [2.24, 2.45) is 11.8 Å². The Labute approximate surface area is 124 Å². The molecule has 20 heavy (non-hydrogen) atoms. The Morgan fingerprint density at radius 3 is 2.55 bits per heavy atom. The van der Waals surface area contributed by atoms with Gasteiger partial charge in [0.15, 0.2) is 0 Å². The van der Waals surface area contributed by atoms with Crippen molar-refractivity contribution in [2.45, 2.75) is 40.2 Å². The third-order valence-corrected chi connectivity index (χ3v) is 4.35. The predicted molar refractivity (Wildman–Crippen MR) is 86.9 cm³/mol. The second-order valence-electron chi connectivity index (χ2n) is 6.70. The molecule has 0 aliphatic carbocycles. The number of nitrogens with one attached hydrogen (secondary N) is 1. The number of likely N-dealkylation sites (tertiary alicyclic amines) is 1. The molecule has 0 amide bonds. The van der Waals surface area contributed by atoms with E-state index in [1.165, 1.54) is 43.6 Å². The molecule has 2 heteroatoms. The smallest absolute Gasteiger partial charge is 0.0236 e. The summed E-state index contributed by atoms with van der Waals surface area (Å²) in [4.78, 5) is 2.61. The second kappa shape index (κ2) is 7.80. The van der Waals surface area contributed by atoms with Crippen LogP contribution in [0.2, 0.25) is 0 Å². The van der Waals surface area contributed by atoms with Gasteiger partial charge in [-0.25, -0.2) is 0 Å². The Balaban J connectivity index is 1.70. The molecule has 1 saturated heterocycles. The van der Waals surface area contributed by atoms with E-state index in [1.54, 1.807) is 0 Å². The average molecular weight is 274 g/mol. The van der Waals surface area contributed by atoms with Crippen LogP contribution in [0.5, 0.6) is 0 Å². The Hall–Kier alpha value is -0.860. The lowest BCUT2D eigenvalue weighted by molar-refractivity contribution is 0.174. The Morgan fingerprint density at radius 1 is 1.20 bits per heavy atom. The lowest BCUT2D eigenvalue weighted by Crippen LogP contribution is -2.37. The summed E-state index contributed by atoms with van der Waals surface area (Å²) < 4.78 is 0. The van der Waals surface area contributed by atoms with Crippen LogP contribution in [0, 0.1) is 18.8 Å². The third kappa shape index (κ3) is 4.92. The summed E-state index contributed by atoms with van der Waals surface area (Å²) in [5, 5.41) is 3.61. The van der Waals surface area contributed by atoms with Gasteiger partial charge in [-0.15, -0.1) is 0 Å². The van der Waals surface area contributed by atoms with E-state index in [1.807, 2.05) is 0 Å². The highest BCUT2D eigenvalue weighted by molar-refractivity contribution is 5.25. The van der Waals surface area contributed by atoms with Crippen molar-refractivity contribution in [1.82, 2.24) is 10.2 Å². The summed E-state index contributed by atoms with van der Waals surface area (Å²) in [6, 6.07) is 8.78. The highest BCUT2D eigenvalue weighted by Gasteiger charge is 2.19. The van der Waals surface area contributed by atoms with E-state index >= 15 is 0 Å². The van der Waals surface area contributed by atoms with Crippen molar-refractivity contribution in [3.8, 4) is 0 Å². The zero-order valence-electron chi connectivity index (χ0n) is 13.4. The first-order valence-electron chi connectivity index (χ1n) is 8.12. The fourth-order valence-corrected chi connectivity index (χ4v) is 2.95. The molecule has 2 nitrogen and oxygen atoms in total. The number of rotatable bonds is 6. The molecule has 0 bridgehead atoms. The number of nitrogens with zero attached hydrogens (tertiary/aromatic N) is 1. The zero-order chi connectivity index (χ0) is 14.4. The molecule has 1 aromatic rings. The molecule has 0 unspecified atom stereocenters. The maximum Gasteiger partial charge on any atom is 0.0236 e. The highest BCUT2D eigenvalue weighted by atomic mass is 15.1. The van der Waals surface area contributed by atoms with E-state index < -0.39 is 0 Å². The van der Waals surface area contributed by atoms with Crippen molar-refractivity contribution < 1.29 is 0 Å². The monoisotopic (exact) mass is 274 g/mol. The molecule has 112 valence electrons. The van der Waals surface area contributed by atoms with Crippen LogP contribution in [0.15, 0.2) is 24.3 Å². The molecule has 1 aliphatic heterocycles. The second-order valence-corrected chi connectivity index (χ2v) is 6.70. The van der Waals surface area contributed by atoms with Gasteiger partial charge < -0.3 is 5.32 Å². The van der Waals surface area contributed by atoms with Gasteiger partial charge in [-0.2, -0.15) is 0 Å². The molecule has 1 aromatic carbocycles. The highest BCUT2D eigenvalue weighted by Crippen LogP contribution is 2.19. The summed E-state index contributed by atoms with van der Waals surface area (Å²) in [5.74, 6) is 1.64. The normalized spacial score (nSPS) is 17.8. The van der Waals surface area contributed by atoms with E-state index in [4.69, 9.17) is 0 Å². The van der Waals surface area contributed by atoms with Crippen LogP contribution >= 0.6 is 0 Å². The topological polar surface area (TPSA) is 15.3 Å². The first-order chi connectivity index (χ1) is 9.65. The Bertz CT molecular complexity index is 392. The minimum atomic E-state index is 0.760. The van der Waals surface area contributed by atoms with Crippen molar-refractivity contribution in [1.29, 1.82) is 0 Å². The van der Waals surface area contributed by atoms with Crippen LogP contribution in [0.4, 0.5) is 0 Å². The predicted octanol–water partition coefficient (Wildman–Crippen LogP) is 3.45. The zero-order valence-corrected chi connectivity index (χ0v) is 13.4. The van der Waals surface area contributed by atoms with Crippen LogP contribution in [0.1, 0.15) is 37.8 Å². The number of hydrogen-bond donors (Lipinski definition) is 1. The van der Waals surface area contributed by atoms with Gasteiger partial charge in [-0.1, -0.05) is 38.1 Å². The van der Waals surface area contributed by atoms with E-state index in [9.17, 15) is 0 Å². The quantitative estimate of drug-likeness (QED) is 0.854. The number of benzene rings is 1. The van der Waals surface area contributed by atoms with Gasteiger partial charge in [0.1, 0.15) is 0 Å². The molecular weight excluding hydrogens is 244 g/mol. The minimum absolute atomic E-state index is 0.760. The fourth-order valence-electron chi connectivity index (χ4n) is 2.95. The lowest BCUT2D eigenvalue weighted by Gasteiger charge is -2.32. The molecule has 1 heterocycles. The Morgan fingerprint density at radius 2 is 1.90 bits per heavy atom. The van der Waals surface area contributed by atoms with Crippen molar-refractivity contribution >= 4 is 0 Å². The summed E-state index contributed by atoms with van der Waals surface area (Å²) in [7, 11) is 0. The first-order valence-corrected chi connectivity index (χ1v) is 8.12. The molecule has 0 atom stereocenters. The van der Waals surface area contributed by atoms with E-state index in [0.717, 1.165) is 24.9 Å². The van der Waals surface area contributed by atoms with Crippen LogP contribution < -0.4 is 5.32 Å². The maximum absolute atomic E-state index is 3.61. The van der Waals surface area contributed by atoms with Gasteiger partial charge in [0.25, 0.3) is 0 Å². The van der Waals surface area contributed by atoms with E-state index in [-0.39, 0.29) is 0 Å². The molecule has 2 rings (SSSR count). The van der Waals surface area contributed by atoms with Crippen LogP contribution in [-0.2, 0) is 6.54 Å². The number of hydrogen-bond acceptors (Lipinski definition) is 2. The molecule has 0 saturated carbocycles. The molecule has 0 radical (unpaired) electrons. The Kier molecular flexibility index (Phi) is 6.06. The first kappa shape index (κ1) is 15.5. The third-order valence-electron chi connectivity index (χ3n) is 4.35. The van der Waals surface area contributed by atoms with Gasteiger partial charge >= 0.3 is 0 Å². The molecule has 0 spiro atoms. The fraction of sp³-hybridized carbons (Fsp3) is 0.667. The number of piperidine rings is 1. The molecule has 1 aliphatic rings. The average Bonchev–Trinajstić information content (AvgIpc) is 2.43. The molecule has 0 aromatic heterocycles. The number of aryl methyl sites for hydroxylation is 1. The van der Waals surface area contributed by atoms with Crippen LogP contribution in [0.3, 0.4) is 0 Å². The van der Waals surface area contributed by atoms with Crippen molar-refractivity contribution in [3.63, 3.8) is 0 Å². The summed E-state index contributed by atoms with van der Waals surface area (Å²) in [6.07, 6.45) is 2.69.